The maximum atomic E-state index is 5.84. The van der Waals surface area contributed by atoms with Gasteiger partial charge in [-0.25, -0.2) is 0 Å². The van der Waals surface area contributed by atoms with Crippen molar-refractivity contribution in [3.63, 3.8) is 0 Å². The average Bonchev–Trinajstić information content (AvgIpc) is 2.76. The highest BCUT2D eigenvalue weighted by atomic mass is 16.5. The summed E-state index contributed by atoms with van der Waals surface area (Å²) >= 11 is 0. The van der Waals surface area contributed by atoms with Crippen molar-refractivity contribution in [3.8, 4) is 0 Å². The van der Waals surface area contributed by atoms with E-state index in [1.165, 1.54) is 89.0 Å². The molecule has 1 unspecified atom stereocenters. The molecule has 0 bridgehead atoms. The fourth-order valence-corrected chi connectivity index (χ4v) is 3.66. The first kappa shape index (κ1) is 26.2. The Morgan fingerprint density at radius 2 is 1.24 bits per heavy atom. The van der Waals surface area contributed by atoms with Gasteiger partial charge in [0.05, 0.1) is 12.7 Å². The molecule has 1 rings (SSSR count). The van der Waals surface area contributed by atoms with Crippen molar-refractivity contribution >= 4 is 0 Å². The number of unbranched alkanes of at least 4 members (excludes halogenated alkanes) is 11. The van der Waals surface area contributed by atoms with Crippen molar-refractivity contribution in [2.24, 2.45) is 0 Å². The number of rotatable bonds is 21. The van der Waals surface area contributed by atoms with Gasteiger partial charge in [0.1, 0.15) is 0 Å². The van der Waals surface area contributed by atoms with E-state index in [9.17, 15) is 0 Å². The van der Waals surface area contributed by atoms with Crippen LogP contribution < -0.4 is 0 Å². The zero-order valence-electron chi connectivity index (χ0n) is 19.5. The van der Waals surface area contributed by atoms with Gasteiger partial charge in [0.2, 0.25) is 0 Å². The predicted molar refractivity (Wildman–Crippen MR) is 127 cm³/mol. The molecule has 0 heterocycles. The van der Waals surface area contributed by atoms with E-state index in [2.05, 4.69) is 44.2 Å². The third kappa shape index (κ3) is 16.6. The molecule has 0 aliphatic heterocycles. The van der Waals surface area contributed by atoms with Crippen LogP contribution in [0.4, 0.5) is 0 Å². The number of hydrogen-bond donors (Lipinski definition) is 0. The van der Waals surface area contributed by atoms with Gasteiger partial charge in [-0.15, -0.1) is 0 Å². The molecule has 0 spiro atoms. The fourth-order valence-electron chi connectivity index (χ4n) is 3.66. The summed E-state index contributed by atoms with van der Waals surface area (Å²) in [6.45, 7) is 6.94. The van der Waals surface area contributed by atoms with Gasteiger partial charge in [-0.2, -0.15) is 0 Å². The molecule has 0 radical (unpaired) electrons. The second-order valence-corrected chi connectivity index (χ2v) is 8.45. The smallest absolute Gasteiger partial charge is 0.0805 e. The molecule has 1 aromatic carbocycles. The Labute approximate surface area is 181 Å². The molecule has 2 heteroatoms. The lowest BCUT2D eigenvalue weighted by molar-refractivity contribution is -0.0197. The Hall–Kier alpha value is -0.860. The first-order valence-corrected chi connectivity index (χ1v) is 12.6. The quantitative estimate of drug-likeness (QED) is 0.192. The van der Waals surface area contributed by atoms with Crippen LogP contribution in [0.1, 0.15) is 109 Å². The Balaban J connectivity index is 1.75. The van der Waals surface area contributed by atoms with Crippen LogP contribution in [0.25, 0.3) is 0 Å². The molecule has 2 nitrogen and oxygen atoms in total. The Morgan fingerprint density at radius 1 is 0.655 bits per heavy atom. The van der Waals surface area contributed by atoms with Gasteiger partial charge >= 0.3 is 0 Å². The number of aryl methyl sites for hydroxylation is 1. The van der Waals surface area contributed by atoms with Crippen molar-refractivity contribution in [2.45, 2.75) is 116 Å². The van der Waals surface area contributed by atoms with E-state index in [4.69, 9.17) is 9.47 Å². The summed E-state index contributed by atoms with van der Waals surface area (Å²) in [4.78, 5) is 0. The van der Waals surface area contributed by atoms with Gasteiger partial charge in [0.15, 0.2) is 0 Å². The Morgan fingerprint density at radius 3 is 1.83 bits per heavy atom. The zero-order valence-corrected chi connectivity index (χ0v) is 19.5. The summed E-state index contributed by atoms with van der Waals surface area (Å²) in [7, 11) is 0. The van der Waals surface area contributed by atoms with Crippen LogP contribution in [0, 0.1) is 0 Å². The van der Waals surface area contributed by atoms with Crippen molar-refractivity contribution < 1.29 is 9.47 Å². The van der Waals surface area contributed by atoms with Crippen LogP contribution in [0.2, 0.25) is 0 Å². The molecule has 0 saturated heterocycles. The SMILES string of the molecule is CCCCOC(CC)COCCCCCCCCCCCCCc1ccccc1. The Bertz CT molecular complexity index is 431. The maximum absolute atomic E-state index is 5.84. The summed E-state index contributed by atoms with van der Waals surface area (Å²) in [5.41, 5.74) is 1.49. The van der Waals surface area contributed by atoms with Crippen LogP contribution in [0.3, 0.4) is 0 Å². The number of ether oxygens (including phenoxy) is 2. The topological polar surface area (TPSA) is 18.5 Å². The molecule has 0 aromatic heterocycles. The molecule has 29 heavy (non-hydrogen) atoms. The summed E-state index contributed by atoms with van der Waals surface area (Å²) in [6, 6.07) is 10.9. The van der Waals surface area contributed by atoms with E-state index in [1.807, 2.05) is 0 Å². The van der Waals surface area contributed by atoms with Gasteiger partial charge < -0.3 is 9.47 Å². The Kier molecular flexibility index (Phi) is 18.4. The van der Waals surface area contributed by atoms with Crippen LogP contribution in [0.15, 0.2) is 30.3 Å². The standard InChI is InChI=1S/C27H48O2/c1-3-5-24-29-27(4-2)25-28-23-19-14-12-10-8-6-7-9-11-13-16-20-26-21-17-15-18-22-26/h15,17-18,21-22,27H,3-14,16,19-20,23-25H2,1-2H3. The van der Waals surface area contributed by atoms with Gasteiger partial charge in [0.25, 0.3) is 0 Å². The van der Waals surface area contributed by atoms with E-state index < -0.39 is 0 Å². The highest BCUT2D eigenvalue weighted by molar-refractivity contribution is 5.14. The summed E-state index contributed by atoms with van der Waals surface area (Å²) in [5, 5.41) is 0. The van der Waals surface area contributed by atoms with E-state index in [0.29, 0.717) is 6.10 Å². The molecule has 0 fully saturated rings. The molecule has 0 saturated carbocycles. The monoisotopic (exact) mass is 404 g/mol. The summed E-state index contributed by atoms with van der Waals surface area (Å²) < 4.78 is 11.7. The minimum Gasteiger partial charge on any atom is -0.379 e. The molecule has 168 valence electrons. The van der Waals surface area contributed by atoms with E-state index in [0.717, 1.165) is 32.7 Å². The second-order valence-electron chi connectivity index (χ2n) is 8.45. The third-order valence-corrected chi connectivity index (χ3v) is 5.71. The molecule has 0 aliphatic carbocycles. The summed E-state index contributed by atoms with van der Waals surface area (Å²) in [5.74, 6) is 0. The van der Waals surface area contributed by atoms with Crippen LogP contribution in [-0.2, 0) is 15.9 Å². The maximum Gasteiger partial charge on any atom is 0.0805 e. The van der Waals surface area contributed by atoms with Gasteiger partial charge in [-0.3, -0.25) is 0 Å². The third-order valence-electron chi connectivity index (χ3n) is 5.71. The first-order chi connectivity index (χ1) is 14.4. The molecular formula is C27H48O2. The predicted octanol–water partition coefficient (Wildman–Crippen LogP) is 8.13. The van der Waals surface area contributed by atoms with Crippen molar-refractivity contribution in [1.82, 2.24) is 0 Å². The van der Waals surface area contributed by atoms with Gasteiger partial charge in [0, 0.05) is 13.2 Å². The normalized spacial score (nSPS) is 12.3. The fraction of sp³-hybridized carbons (Fsp3) is 0.778. The largest absolute Gasteiger partial charge is 0.379 e. The minimum absolute atomic E-state index is 0.292. The van der Waals surface area contributed by atoms with E-state index in [1.54, 1.807) is 0 Å². The lowest BCUT2D eigenvalue weighted by Crippen LogP contribution is -2.20. The highest BCUT2D eigenvalue weighted by Crippen LogP contribution is 2.13. The van der Waals surface area contributed by atoms with Crippen LogP contribution >= 0.6 is 0 Å². The lowest BCUT2D eigenvalue weighted by Gasteiger charge is -2.16. The molecule has 0 amide bonds. The van der Waals surface area contributed by atoms with Gasteiger partial charge in [-0.1, -0.05) is 108 Å². The van der Waals surface area contributed by atoms with E-state index in [-0.39, 0.29) is 0 Å². The average molecular weight is 405 g/mol. The van der Waals surface area contributed by atoms with E-state index >= 15 is 0 Å². The lowest BCUT2D eigenvalue weighted by atomic mass is 10.0. The van der Waals surface area contributed by atoms with Crippen LogP contribution in [-0.4, -0.2) is 25.9 Å². The molecule has 1 aromatic rings. The molecule has 0 aliphatic rings. The second kappa shape index (κ2) is 20.4. The summed E-state index contributed by atoms with van der Waals surface area (Å²) in [6.07, 6.45) is 20.0. The minimum atomic E-state index is 0.292. The van der Waals surface area contributed by atoms with Crippen molar-refractivity contribution in [3.05, 3.63) is 35.9 Å². The molecule has 1 atom stereocenters. The number of benzene rings is 1. The highest BCUT2D eigenvalue weighted by Gasteiger charge is 2.06. The number of hydrogen-bond acceptors (Lipinski definition) is 2. The molecular weight excluding hydrogens is 356 g/mol. The van der Waals surface area contributed by atoms with Crippen LogP contribution in [0.5, 0.6) is 0 Å². The van der Waals surface area contributed by atoms with Crippen molar-refractivity contribution in [1.29, 1.82) is 0 Å². The van der Waals surface area contributed by atoms with Crippen molar-refractivity contribution in [2.75, 3.05) is 19.8 Å². The first-order valence-electron chi connectivity index (χ1n) is 12.6. The zero-order chi connectivity index (χ0) is 20.8. The van der Waals surface area contributed by atoms with Gasteiger partial charge in [-0.05, 0) is 37.7 Å². The molecule has 0 N–H and O–H groups in total.